The summed E-state index contributed by atoms with van der Waals surface area (Å²) in [7, 11) is 1.88. The smallest absolute Gasteiger partial charge is 0.421 e. The third-order valence-electron chi connectivity index (χ3n) is 8.54. The number of urea groups is 1. The number of carbonyl (C=O) groups excluding carboxylic acids is 1. The Morgan fingerprint density at radius 3 is 2.78 bits per heavy atom. The van der Waals surface area contributed by atoms with Crippen LogP contribution in [0, 0.1) is 12.8 Å². The van der Waals surface area contributed by atoms with Gasteiger partial charge in [-0.25, -0.2) is 14.8 Å². The van der Waals surface area contributed by atoms with Gasteiger partial charge in [0.15, 0.2) is 0 Å². The number of hydrogen-bond donors (Lipinski definition) is 3. The van der Waals surface area contributed by atoms with Crippen molar-refractivity contribution in [1.29, 1.82) is 0 Å². The third-order valence-corrected chi connectivity index (χ3v) is 8.54. The number of aliphatic hydroxyl groups excluding tert-OH is 1. The second kappa shape index (κ2) is 12.2. The zero-order valence-corrected chi connectivity index (χ0v) is 25.2. The Labute approximate surface area is 258 Å². The molecule has 0 radical (unpaired) electrons. The first-order chi connectivity index (χ1) is 21.5. The lowest BCUT2D eigenvalue weighted by molar-refractivity contribution is -0.140. The van der Waals surface area contributed by atoms with Crippen LogP contribution in [0.4, 0.5) is 23.7 Å². The van der Waals surface area contributed by atoms with Crippen LogP contribution in [0.2, 0.25) is 0 Å². The van der Waals surface area contributed by atoms with Gasteiger partial charge in [-0.05, 0) is 75.2 Å². The Hall–Kier alpha value is -4.36. The zero-order chi connectivity index (χ0) is 31.9. The molecule has 6 rings (SSSR count). The Morgan fingerprint density at radius 1 is 1.18 bits per heavy atom. The molecule has 1 aromatic carbocycles. The van der Waals surface area contributed by atoms with Crippen molar-refractivity contribution >= 4 is 22.8 Å². The average molecular weight is 625 g/mol. The Morgan fingerprint density at radius 2 is 2.00 bits per heavy atom. The fraction of sp³-hybridized carbons (Fsp3) is 0.406. The number of aryl methyl sites for hydroxylation is 1. The minimum absolute atomic E-state index is 0.0969. The van der Waals surface area contributed by atoms with Gasteiger partial charge in [-0.15, -0.1) is 0 Å². The lowest BCUT2D eigenvalue weighted by Crippen LogP contribution is -2.45. The first-order valence-electron chi connectivity index (χ1n) is 14.9. The summed E-state index contributed by atoms with van der Waals surface area (Å²) in [5.74, 6) is 0.328. The van der Waals surface area contributed by atoms with Gasteiger partial charge in [0.25, 0.3) is 0 Å². The molecule has 45 heavy (non-hydrogen) atoms. The molecule has 13 heteroatoms. The van der Waals surface area contributed by atoms with Gasteiger partial charge in [-0.1, -0.05) is 6.07 Å². The van der Waals surface area contributed by atoms with Gasteiger partial charge in [-0.3, -0.25) is 0 Å². The SMILES string of the molecule is Cc1cc2c(Oc3ccc4c(c3)[C@H](C)N(C(=O)Nc3cnc(O[C@@H]5CCN(C)C[C@H]5CO)c(C(F)(F)F)c3)CC4)ccnc2[nH]1. The molecule has 2 amide bonds. The molecule has 3 atom stereocenters. The molecular weight excluding hydrogens is 589 g/mol. The summed E-state index contributed by atoms with van der Waals surface area (Å²) in [5.41, 5.74) is 2.45. The highest BCUT2D eigenvalue weighted by Gasteiger charge is 2.38. The average Bonchev–Trinajstić information content (AvgIpc) is 3.39. The molecule has 1 saturated heterocycles. The van der Waals surface area contributed by atoms with Crippen molar-refractivity contribution in [2.24, 2.45) is 5.92 Å². The highest BCUT2D eigenvalue weighted by atomic mass is 19.4. The number of rotatable bonds is 6. The first-order valence-corrected chi connectivity index (χ1v) is 14.9. The summed E-state index contributed by atoms with van der Waals surface area (Å²) in [6, 6.07) is 9.42. The molecule has 10 nitrogen and oxygen atoms in total. The molecule has 3 N–H and O–H groups in total. The van der Waals surface area contributed by atoms with Gasteiger partial charge in [0.2, 0.25) is 5.88 Å². The summed E-state index contributed by atoms with van der Waals surface area (Å²) in [4.78, 5) is 28.4. The number of amides is 2. The van der Waals surface area contributed by atoms with Gasteiger partial charge >= 0.3 is 12.2 Å². The van der Waals surface area contributed by atoms with E-state index >= 15 is 0 Å². The molecule has 0 spiro atoms. The van der Waals surface area contributed by atoms with Gasteiger partial charge in [-0.2, -0.15) is 13.2 Å². The van der Waals surface area contributed by atoms with E-state index in [0.717, 1.165) is 40.1 Å². The summed E-state index contributed by atoms with van der Waals surface area (Å²) in [6.45, 7) is 5.11. The number of ether oxygens (including phenoxy) is 2. The van der Waals surface area contributed by atoms with Gasteiger partial charge in [0.05, 0.1) is 29.9 Å². The van der Waals surface area contributed by atoms with Crippen molar-refractivity contribution in [2.45, 2.75) is 45.0 Å². The highest BCUT2D eigenvalue weighted by Crippen LogP contribution is 2.39. The number of aliphatic hydroxyl groups is 1. The number of piperidine rings is 1. The number of aromatic nitrogens is 3. The van der Waals surface area contributed by atoms with E-state index in [1.54, 1.807) is 17.2 Å². The lowest BCUT2D eigenvalue weighted by atomic mass is 9.93. The quantitative estimate of drug-likeness (QED) is 0.244. The number of hydrogen-bond acceptors (Lipinski definition) is 7. The number of pyridine rings is 2. The molecule has 5 heterocycles. The van der Waals surface area contributed by atoms with Gasteiger partial charge in [0.1, 0.15) is 28.8 Å². The van der Waals surface area contributed by atoms with Crippen LogP contribution in [0.1, 0.15) is 41.8 Å². The van der Waals surface area contributed by atoms with Crippen LogP contribution in [0.3, 0.4) is 0 Å². The second-order valence-corrected chi connectivity index (χ2v) is 11.8. The van der Waals surface area contributed by atoms with E-state index in [0.29, 0.717) is 44.0 Å². The standard InChI is InChI=1S/C32H35F3N6O4/c1-18-12-25-28(6-9-36-29(25)38-18)44-23-5-4-20-7-11-41(19(2)24(20)14-23)31(43)39-22-13-26(32(33,34)35)30(37-15-22)45-27-8-10-40(3)16-21(27)17-42/h4-6,9,12-15,19,21,27,42H,7-8,10-11,16-17H2,1-3H3,(H,36,38)(H,39,43)/t19-,21-,27+/m0/s1. The normalized spacial score (nSPS) is 20.6. The number of H-pyrrole nitrogens is 1. The van der Waals surface area contributed by atoms with E-state index in [2.05, 4.69) is 20.3 Å². The predicted molar refractivity (Wildman–Crippen MR) is 162 cm³/mol. The molecule has 2 aliphatic heterocycles. The monoisotopic (exact) mass is 624 g/mol. The van der Waals surface area contributed by atoms with E-state index in [4.69, 9.17) is 9.47 Å². The second-order valence-electron chi connectivity index (χ2n) is 11.8. The van der Waals surface area contributed by atoms with Crippen LogP contribution in [-0.2, 0) is 12.6 Å². The largest absolute Gasteiger partial charge is 0.473 e. The predicted octanol–water partition coefficient (Wildman–Crippen LogP) is 5.92. The number of anilines is 1. The van der Waals surface area contributed by atoms with Crippen LogP contribution in [0.15, 0.2) is 48.8 Å². The zero-order valence-electron chi connectivity index (χ0n) is 25.2. The highest BCUT2D eigenvalue weighted by molar-refractivity contribution is 5.90. The van der Waals surface area contributed by atoms with Crippen molar-refractivity contribution in [1.82, 2.24) is 24.8 Å². The number of alkyl halides is 3. The summed E-state index contributed by atoms with van der Waals surface area (Å²) >= 11 is 0. The van der Waals surface area contributed by atoms with Crippen molar-refractivity contribution < 1.29 is 32.5 Å². The van der Waals surface area contributed by atoms with E-state index in [-0.39, 0.29) is 24.3 Å². The number of carbonyl (C=O) groups is 1. The Kier molecular flexibility index (Phi) is 8.31. The molecule has 2 aliphatic rings. The van der Waals surface area contributed by atoms with E-state index in [1.165, 1.54) is 0 Å². The Balaban J connectivity index is 1.18. The number of fused-ring (bicyclic) bond motifs is 2. The topological polar surface area (TPSA) is 116 Å². The van der Waals surface area contributed by atoms with Gasteiger partial charge in [0, 0.05) is 37.4 Å². The fourth-order valence-electron chi connectivity index (χ4n) is 6.16. The molecule has 4 aromatic rings. The molecule has 3 aromatic heterocycles. The number of nitrogens with one attached hydrogen (secondary N) is 2. The molecule has 0 aliphatic carbocycles. The van der Waals surface area contributed by atoms with Crippen LogP contribution in [0.25, 0.3) is 11.0 Å². The number of nitrogens with zero attached hydrogens (tertiary/aromatic N) is 4. The van der Waals surface area contributed by atoms with Crippen molar-refractivity contribution in [3.05, 3.63) is 71.2 Å². The minimum Gasteiger partial charge on any atom is -0.473 e. The van der Waals surface area contributed by atoms with Gasteiger partial charge < -0.3 is 34.7 Å². The first kappa shape index (κ1) is 30.7. The maximum absolute atomic E-state index is 14.1. The third kappa shape index (κ3) is 6.40. The van der Waals surface area contributed by atoms with E-state index in [9.17, 15) is 23.1 Å². The summed E-state index contributed by atoms with van der Waals surface area (Å²) in [5, 5.41) is 13.2. The van der Waals surface area contributed by atoms with E-state index < -0.39 is 29.8 Å². The van der Waals surface area contributed by atoms with Crippen molar-refractivity contribution in [2.75, 3.05) is 38.6 Å². The van der Waals surface area contributed by atoms with Crippen LogP contribution in [0.5, 0.6) is 17.4 Å². The number of benzene rings is 1. The molecule has 1 fully saturated rings. The maximum Gasteiger partial charge on any atom is 0.421 e. The molecule has 238 valence electrons. The summed E-state index contributed by atoms with van der Waals surface area (Å²) < 4.78 is 54.3. The Bertz CT molecular complexity index is 1710. The maximum atomic E-state index is 14.1. The van der Waals surface area contributed by atoms with Crippen LogP contribution < -0.4 is 14.8 Å². The van der Waals surface area contributed by atoms with Crippen LogP contribution in [-0.4, -0.2) is 75.3 Å². The number of aromatic amines is 1. The fourth-order valence-corrected chi connectivity index (χ4v) is 6.16. The van der Waals surface area contributed by atoms with Crippen molar-refractivity contribution in [3.8, 4) is 17.4 Å². The molecule has 0 saturated carbocycles. The number of likely N-dealkylation sites (tertiary alicyclic amines) is 1. The minimum atomic E-state index is -4.77. The lowest BCUT2D eigenvalue weighted by Gasteiger charge is -2.36. The summed E-state index contributed by atoms with van der Waals surface area (Å²) in [6.07, 6.45) is -1.52. The molecule has 0 bridgehead atoms. The van der Waals surface area contributed by atoms with Crippen LogP contribution >= 0.6 is 0 Å². The number of halogens is 3. The van der Waals surface area contributed by atoms with E-state index in [1.807, 2.05) is 50.1 Å². The van der Waals surface area contributed by atoms with Crippen molar-refractivity contribution in [3.63, 3.8) is 0 Å². The molecular formula is C32H35F3N6O4. The molecule has 0 unspecified atom stereocenters.